The molecule has 3 nitrogen and oxygen atoms in total. The van der Waals surface area contributed by atoms with Crippen LogP contribution in [0, 0.1) is 11.8 Å². The van der Waals surface area contributed by atoms with Crippen molar-refractivity contribution >= 4 is 52.9 Å². The monoisotopic (exact) mass is 354 g/mol. The van der Waals surface area contributed by atoms with E-state index >= 15 is 0 Å². The molecular formula is C13H17Cl3N2OS. The van der Waals surface area contributed by atoms with Crippen molar-refractivity contribution in [2.24, 2.45) is 17.6 Å². The molecule has 2 fully saturated rings. The number of amides is 1. The van der Waals surface area contributed by atoms with Crippen molar-refractivity contribution in [3.63, 3.8) is 0 Å². The molecule has 0 spiro atoms. The van der Waals surface area contributed by atoms with Gasteiger partial charge in [-0.1, -0.05) is 29.6 Å². The van der Waals surface area contributed by atoms with Crippen LogP contribution in [-0.4, -0.2) is 29.9 Å². The summed E-state index contributed by atoms with van der Waals surface area (Å²) in [6.45, 7) is 1.56. The number of carbonyl (C=O) groups is 1. The largest absolute Gasteiger partial charge is 0.338 e. The maximum Gasteiger partial charge on any atom is 0.256 e. The number of hydrogen-bond acceptors (Lipinski definition) is 3. The molecule has 2 heterocycles. The minimum absolute atomic E-state index is 0. The average Bonchev–Trinajstić information content (AvgIpc) is 2.93. The molecule has 1 aromatic heterocycles. The van der Waals surface area contributed by atoms with E-state index in [9.17, 15) is 4.79 Å². The first-order valence-electron chi connectivity index (χ1n) is 6.56. The van der Waals surface area contributed by atoms with Crippen molar-refractivity contribution in [1.82, 2.24) is 4.90 Å². The Morgan fingerprint density at radius 2 is 2.10 bits per heavy atom. The van der Waals surface area contributed by atoms with Crippen molar-refractivity contribution in [3.05, 3.63) is 20.3 Å². The lowest BCUT2D eigenvalue weighted by molar-refractivity contribution is 0.0784. The number of hydrogen-bond donors (Lipinski definition) is 1. The van der Waals surface area contributed by atoms with Gasteiger partial charge in [-0.15, -0.1) is 23.7 Å². The van der Waals surface area contributed by atoms with Crippen LogP contribution >= 0.6 is 46.9 Å². The van der Waals surface area contributed by atoms with E-state index < -0.39 is 0 Å². The molecule has 3 atom stereocenters. The quantitative estimate of drug-likeness (QED) is 0.835. The van der Waals surface area contributed by atoms with Gasteiger partial charge in [-0.05, 0) is 30.7 Å². The fourth-order valence-corrected chi connectivity index (χ4v) is 4.79. The molecule has 3 unspecified atom stereocenters. The van der Waals surface area contributed by atoms with E-state index in [-0.39, 0.29) is 24.4 Å². The van der Waals surface area contributed by atoms with Crippen LogP contribution in [0.5, 0.6) is 0 Å². The Labute approximate surface area is 138 Å². The fourth-order valence-electron chi connectivity index (χ4n) is 3.34. The van der Waals surface area contributed by atoms with E-state index in [2.05, 4.69) is 0 Å². The number of nitrogens with zero attached hydrogens (tertiary/aromatic N) is 1. The first-order valence-corrected chi connectivity index (χ1v) is 8.13. The standard InChI is InChI=1S/C13H16Cl2N2OS.ClH/c14-11-4-8(12(15)19-11)13(18)17-5-7-2-1-3-10(16)9(7)6-17;/h4,7,9-10H,1-3,5-6,16H2;1H. The molecule has 1 aliphatic carbocycles. The number of likely N-dealkylation sites (tertiary alicyclic amines) is 1. The van der Waals surface area contributed by atoms with Crippen molar-refractivity contribution in [1.29, 1.82) is 0 Å². The molecule has 1 amide bonds. The highest BCUT2D eigenvalue weighted by molar-refractivity contribution is 7.20. The number of thiophene rings is 1. The predicted octanol–water partition coefficient (Wildman–Crippen LogP) is 3.68. The lowest BCUT2D eigenvalue weighted by Crippen LogP contribution is -2.38. The van der Waals surface area contributed by atoms with E-state index in [0.29, 0.717) is 26.1 Å². The highest BCUT2D eigenvalue weighted by Crippen LogP contribution is 2.38. The van der Waals surface area contributed by atoms with Crippen LogP contribution in [0.15, 0.2) is 6.07 Å². The zero-order valence-corrected chi connectivity index (χ0v) is 14.0. The van der Waals surface area contributed by atoms with Gasteiger partial charge >= 0.3 is 0 Å². The normalized spacial score (nSPS) is 28.9. The predicted molar refractivity (Wildman–Crippen MR) is 86.3 cm³/mol. The van der Waals surface area contributed by atoms with Crippen LogP contribution in [0.25, 0.3) is 0 Å². The van der Waals surface area contributed by atoms with E-state index in [1.165, 1.54) is 24.2 Å². The minimum Gasteiger partial charge on any atom is -0.338 e. The summed E-state index contributed by atoms with van der Waals surface area (Å²) in [4.78, 5) is 14.4. The van der Waals surface area contributed by atoms with Crippen LogP contribution in [0.4, 0.5) is 0 Å². The van der Waals surface area contributed by atoms with E-state index in [1.54, 1.807) is 6.07 Å². The molecule has 1 aromatic rings. The van der Waals surface area contributed by atoms with Crippen LogP contribution in [-0.2, 0) is 0 Å². The summed E-state index contributed by atoms with van der Waals surface area (Å²) in [6, 6.07) is 1.90. The number of halogens is 3. The Kier molecular flexibility index (Phi) is 5.24. The van der Waals surface area contributed by atoms with Crippen molar-refractivity contribution < 1.29 is 4.79 Å². The number of fused-ring (bicyclic) bond motifs is 1. The zero-order valence-electron chi connectivity index (χ0n) is 10.9. The van der Waals surface area contributed by atoms with Crippen LogP contribution in [0.2, 0.25) is 8.67 Å². The van der Waals surface area contributed by atoms with Gasteiger partial charge in [-0.2, -0.15) is 0 Å². The molecule has 0 aromatic carbocycles. The topological polar surface area (TPSA) is 46.3 Å². The Balaban J connectivity index is 0.00000147. The lowest BCUT2D eigenvalue weighted by Gasteiger charge is -2.29. The third-order valence-corrected chi connectivity index (χ3v) is 5.82. The Bertz CT molecular complexity index is 508. The van der Waals surface area contributed by atoms with E-state index in [0.717, 1.165) is 19.5 Å². The molecule has 2 N–H and O–H groups in total. The van der Waals surface area contributed by atoms with Gasteiger partial charge in [-0.25, -0.2) is 0 Å². The van der Waals surface area contributed by atoms with Gasteiger partial charge in [0, 0.05) is 19.1 Å². The molecule has 0 radical (unpaired) electrons. The molecule has 1 aliphatic heterocycles. The van der Waals surface area contributed by atoms with Gasteiger partial charge in [-0.3, -0.25) is 4.79 Å². The zero-order chi connectivity index (χ0) is 13.6. The van der Waals surface area contributed by atoms with Crippen LogP contribution in [0.3, 0.4) is 0 Å². The molecule has 0 bridgehead atoms. The highest BCUT2D eigenvalue weighted by Gasteiger charge is 2.40. The molecule has 1 saturated heterocycles. The number of carbonyl (C=O) groups excluding carboxylic acids is 1. The molecule has 2 aliphatic rings. The van der Waals surface area contributed by atoms with Crippen molar-refractivity contribution in [2.45, 2.75) is 25.3 Å². The van der Waals surface area contributed by atoms with Gasteiger partial charge in [0.25, 0.3) is 5.91 Å². The molecule has 20 heavy (non-hydrogen) atoms. The first-order chi connectivity index (χ1) is 9.06. The molecule has 3 rings (SSSR count). The van der Waals surface area contributed by atoms with E-state index in [1.807, 2.05) is 4.90 Å². The van der Waals surface area contributed by atoms with Crippen LogP contribution < -0.4 is 5.73 Å². The lowest BCUT2D eigenvalue weighted by atomic mass is 9.78. The second-order valence-electron chi connectivity index (χ2n) is 5.47. The summed E-state index contributed by atoms with van der Waals surface area (Å²) in [7, 11) is 0. The van der Waals surface area contributed by atoms with Gasteiger partial charge < -0.3 is 10.6 Å². The third kappa shape index (κ3) is 2.95. The maximum atomic E-state index is 12.5. The van der Waals surface area contributed by atoms with E-state index in [4.69, 9.17) is 28.9 Å². The minimum atomic E-state index is -0.00486. The summed E-state index contributed by atoms with van der Waals surface area (Å²) in [6.07, 6.45) is 3.43. The number of rotatable bonds is 1. The maximum absolute atomic E-state index is 12.5. The first kappa shape index (κ1) is 16.4. The van der Waals surface area contributed by atoms with Crippen LogP contribution in [0.1, 0.15) is 29.6 Å². The number of nitrogens with two attached hydrogens (primary N) is 1. The summed E-state index contributed by atoms with van der Waals surface area (Å²) in [5.74, 6) is 1.00. The van der Waals surface area contributed by atoms with Gasteiger partial charge in [0.1, 0.15) is 4.34 Å². The SMILES string of the molecule is Cl.NC1CCCC2CN(C(=O)c3cc(Cl)sc3Cl)CC12. The Hall–Kier alpha value is -0.0000000000000000555. The third-order valence-electron chi connectivity index (χ3n) is 4.33. The summed E-state index contributed by atoms with van der Waals surface area (Å²) >= 11 is 13.2. The Morgan fingerprint density at radius 3 is 2.70 bits per heavy atom. The highest BCUT2D eigenvalue weighted by atomic mass is 35.5. The smallest absolute Gasteiger partial charge is 0.256 e. The van der Waals surface area contributed by atoms with Gasteiger partial charge in [0.15, 0.2) is 0 Å². The molecule has 7 heteroatoms. The van der Waals surface area contributed by atoms with Gasteiger partial charge in [0.05, 0.1) is 9.90 Å². The molecule has 112 valence electrons. The second kappa shape index (κ2) is 6.41. The Morgan fingerprint density at radius 1 is 1.35 bits per heavy atom. The summed E-state index contributed by atoms with van der Waals surface area (Å²) < 4.78 is 1.04. The summed E-state index contributed by atoms with van der Waals surface area (Å²) in [5, 5.41) is 0. The van der Waals surface area contributed by atoms with Crippen molar-refractivity contribution in [2.75, 3.05) is 13.1 Å². The second-order valence-corrected chi connectivity index (χ2v) is 7.75. The molecule has 1 saturated carbocycles. The van der Waals surface area contributed by atoms with Gasteiger partial charge in [0.2, 0.25) is 0 Å². The molecular weight excluding hydrogens is 339 g/mol. The average molecular weight is 356 g/mol. The summed E-state index contributed by atoms with van der Waals surface area (Å²) in [5.41, 5.74) is 6.70. The van der Waals surface area contributed by atoms with Crippen molar-refractivity contribution in [3.8, 4) is 0 Å². The fraction of sp³-hybridized carbons (Fsp3) is 0.615.